The van der Waals surface area contributed by atoms with E-state index < -0.39 is 42.2 Å². The summed E-state index contributed by atoms with van der Waals surface area (Å²) in [6, 6.07) is 4.20. The molecule has 0 radical (unpaired) electrons. The lowest BCUT2D eigenvalue weighted by molar-refractivity contribution is -0.139. The SMILES string of the molecule is CN1CCN(c2nc(-c3ccc(C(N)=O)c([C@@H](C(=O)N4C[C@H](C(F)F)[C@H]5OCC(=O)[C@H]54)C4CCCC4)c3)cs2)CC1. The van der Waals surface area contributed by atoms with Crippen LogP contribution in [0.15, 0.2) is 23.6 Å². The fraction of sp³-hybridized carbons (Fsp3) is 0.586. The van der Waals surface area contributed by atoms with Gasteiger partial charge in [-0.05, 0) is 43.5 Å². The molecule has 12 heteroatoms. The highest BCUT2D eigenvalue weighted by atomic mass is 32.1. The summed E-state index contributed by atoms with van der Waals surface area (Å²) >= 11 is 1.55. The smallest absolute Gasteiger partial charge is 0.249 e. The van der Waals surface area contributed by atoms with Crippen molar-refractivity contribution in [3.8, 4) is 11.3 Å². The average molecular weight is 588 g/mol. The fourth-order valence-corrected chi connectivity index (χ4v) is 7.83. The minimum absolute atomic E-state index is 0.103. The zero-order valence-corrected chi connectivity index (χ0v) is 23.8. The van der Waals surface area contributed by atoms with Crippen LogP contribution in [0.3, 0.4) is 0 Å². The van der Waals surface area contributed by atoms with E-state index in [0.29, 0.717) is 5.56 Å². The van der Waals surface area contributed by atoms with Crippen molar-refractivity contribution in [2.75, 3.05) is 51.3 Å². The molecule has 220 valence electrons. The van der Waals surface area contributed by atoms with Crippen molar-refractivity contribution in [3.63, 3.8) is 0 Å². The predicted molar refractivity (Wildman–Crippen MR) is 150 cm³/mol. The summed E-state index contributed by atoms with van der Waals surface area (Å²) in [6.45, 7) is 3.14. The first-order chi connectivity index (χ1) is 19.7. The molecule has 2 aromatic rings. The molecule has 4 heterocycles. The van der Waals surface area contributed by atoms with Crippen LogP contribution in [-0.2, 0) is 14.3 Å². The van der Waals surface area contributed by atoms with E-state index >= 15 is 0 Å². The number of likely N-dealkylation sites (tertiary alicyclic amines) is 1. The molecule has 0 unspecified atom stereocenters. The van der Waals surface area contributed by atoms with Gasteiger partial charge in [0, 0.05) is 49.2 Å². The second-order valence-electron chi connectivity index (χ2n) is 11.7. The summed E-state index contributed by atoms with van der Waals surface area (Å²) in [5, 5.41) is 2.88. The van der Waals surface area contributed by atoms with Crippen molar-refractivity contribution in [3.05, 3.63) is 34.7 Å². The molecule has 3 aliphatic heterocycles. The Balaban J connectivity index is 1.37. The number of nitrogens with two attached hydrogens (primary N) is 1. The third-order valence-corrected chi connectivity index (χ3v) is 10.1. The Morgan fingerprint density at radius 3 is 2.56 bits per heavy atom. The van der Waals surface area contributed by atoms with Gasteiger partial charge in [0.05, 0.1) is 23.6 Å². The van der Waals surface area contributed by atoms with E-state index in [2.05, 4.69) is 16.8 Å². The van der Waals surface area contributed by atoms with E-state index in [9.17, 15) is 23.2 Å². The van der Waals surface area contributed by atoms with Gasteiger partial charge in [0.1, 0.15) is 12.6 Å². The third kappa shape index (κ3) is 5.25. The maximum Gasteiger partial charge on any atom is 0.249 e. The topological polar surface area (TPSA) is 109 Å². The highest BCUT2D eigenvalue weighted by Gasteiger charge is 2.56. The van der Waals surface area contributed by atoms with Crippen molar-refractivity contribution in [2.24, 2.45) is 17.6 Å². The molecule has 1 aliphatic carbocycles. The average Bonchev–Trinajstić information content (AvgIpc) is 3.75. The zero-order valence-electron chi connectivity index (χ0n) is 23.0. The molecule has 9 nitrogen and oxygen atoms in total. The van der Waals surface area contributed by atoms with Gasteiger partial charge in [-0.3, -0.25) is 14.4 Å². The number of aromatic nitrogens is 1. The molecule has 3 saturated heterocycles. The Bertz CT molecular complexity index is 1320. The highest BCUT2D eigenvalue weighted by Crippen LogP contribution is 2.44. The molecule has 4 aliphatic rings. The van der Waals surface area contributed by atoms with E-state index in [0.717, 1.165) is 68.3 Å². The standard InChI is InChI=1S/C29H35F2N5O4S/c1-34-8-10-35(11-9-34)29-33-21(15-41-29)17-6-7-18(27(32)38)19(12-17)23(16-4-2-3-5-16)28(39)36-13-20(26(30)31)25-24(36)22(37)14-40-25/h6-7,12,15-16,20,23-26H,2-5,8-11,13-14H2,1H3,(H2,32,38)/t20-,23-,24+,25+/m0/s1. The Morgan fingerprint density at radius 2 is 1.88 bits per heavy atom. The van der Waals surface area contributed by atoms with Crippen molar-refractivity contribution in [2.45, 2.75) is 50.2 Å². The number of amides is 2. The number of Topliss-reactive ketones (excluding diaryl/α,β-unsaturated/α-hetero) is 1. The van der Waals surface area contributed by atoms with Crippen molar-refractivity contribution in [1.82, 2.24) is 14.8 Å². The fourth-order valence-electron chi connectivity index (χ4n) is 6.94. The molecule has 4 fully saturated rings. The Morgan fingerprint density at radius 1 is 1.15 bits per heavy atom. The first kappa shape index (κ1) is 28.2. The number of halogens is 2. The van der Waals surface area contributed by atoms with Crippen LogP contribution in [0.1, 0.15) is 47.5 Å². The van der Waals surface area contributed by atoms with Gasteiger partial charge in [-0.2, -0.15) is 0 Å². The molecule has 6 rings (SSSR count). The predicted octanol–water partition coefficient (Wildman–Crippen LogP) is 2.99. The Hall–Kier alpha value is -2.96. The number of benzene rings is 1. The molecule has 1 aromatic carbocycles. The molecule has 0 spiro atoms. The third-order valence-electron chi connectivity index (χ3n) is 9.18. The zero-order chi connectivity index (χ0) is 28.8. The van der Waals surface area contributed by atoms with E-state index in [1.165, 1.54) is 4.90 Å². The number of nitrogens with zero attached hydrogens (tertiary/aromatic N) is 4. The number of rotatable bonds is 7. The summed E-state index contributed by atoms with van der Waals surface area (Å²) in [5.41, 5.74) is 8.00. The quantitative estimate of drug-likeness (QED) is 0.531. The molecular formula is C29H35F2N5O4S. The van der Waals surface area contributed by atoms with Crippen molar-refractivity contribution >= 4 is 34.1 Å². The monoisotopic (exact) mass is 587 g/mol. The molecule has 2 N–H and O–H groups in total. The number of ketones is 1. The largest absolute Gasteiger partial charge is 0.367 e. The van der Waals surface area contributed by atoms with E-state index in [1.54, 1.807) is 23.5 Å². The molecule has 2 amide bonds. The Labute approximate surface area is 241 Å². The molecule has 1 aromatic heterocycles. The molecule has 4 atom stereocenters. The lowest BCUT2D eigenvalue weighted by Crippen LogP contribution is -2.45. The number of alkyl halides is 2. The van der Waals surface area contributed by atoms with Gasteiger partial charge in [0.2, 0.25) is 18.2 Å². The number of carbonyl (C=O) groups excluding carboxylic acids is 3. The summed E-state index contributed by atoms with van der Waals surface area (Å²) in [7, 11) is 2.10. The number of hydrogen-bond donors (Lipinski definition) is 1. The number of carbonyl (C=O) groups is 3. The number of likely N-dealkylation sites (N-methyl/N-ethyl adjacent to an activating group) is 1. The van der Waals surface area contributed by atoms with Crippen LogP contribution in [0, 0.1) is 11.8 Å². The number of anilines is 1. The van der Waals surface area contributed by atoms with Gasteiger partial charge in [-0.15, -0.1) is 11.3 Å². The number of hydrogen-bond acceptors (Lipinski definition) is 8. The van der Waals surface area contributed by atoms with E-state index in [4.69, 9.17) is 15.5 Å². The molecule has 41 heavy (non-hydrogen) atoms. The molecular weight excluding hydrogens is 552 g/mol. The van der Waals surface area contributed by atoms with Gasteiger partial charge in [-0.25, -0.2) is 13.8 Å². The highest BCUT2D eigenvalue weighted by molar-refractivity contribution is 7.14. The van der Waals surface area contributed by atoms with Crippen molar-refractivity contribution < 1.29 is 27.9 Å². The number of primary amides is 1. The number of piperazine rings is 1. The first-order valence-corrected chi connectivity index (χ1v) is 15.2. The van der Waals surface area contributed by atoms with E-state index in [1.807, 2.05) is 11.4 Å². The second-order valence-corrected chi connectivity index (χ2v) is 12.5. The minimum Gasteiger partial charge on any atom is -0.367 e. The second kappa shape index (κ2) is 11.4. The van der Waals surface area contributed by atoms with Gasteiger partial charge in [-0.1, -0.05) is 18.9 Å². The van der Waals surface area contributed by atoms with Crippen LogP contribution in [0.5, 0.6) is 0 Å². The lowest BCUT2D eigenvalue weighted by Gasteiger charge is -2.32. The minimum atomic E-state index is -2.72. The summed E-state index contributed by atoms with van der Waals surface area (Å²) in [5.74, 6) is -3.56. The van der Waals surface area contributed by atoms with Crippen LogP contribution in [0.4, 0.5) is 13.9 Å². The molecule has 1 saturated carbocycles. The normalized spacial score (nSPS) is 26.2. The number of ether oxygens (including phenoxy) is 1. The maximum atomic E-state index is 14.3. The van der Waals surface area contributed by atoms with Gasteiger partial charge >= 0.3 is 0 Å². The Kier molecular flexibility index (Phi) is 7.82. The van der Waals surface area contributed by atoms with Crippen LogP contribution < -0.4 is 10.6 Å². The number of fused-ring (bicyclic) bond motifs is 1. The van der Waals surface area contributed by atoms with Crippen LogP contribution in [0.2, 0.25) is 0 Å². The van der Waals surface area contributed by atoms with Gasteiger partial charge in [0.15, 0.2) is 10.9 Å². The summed E-state index contributed by atoms with van der Waals surface area (Å²) in [6.07, 6.45) is -0.371. The van der Waals surface area contributed by atoms with E-state index in [-0.39, 0.29) is 30.4 Å². The summed E-state index contributed by atoms with van der Waals surface area (Å²) < 4.78 is 33.3. The van der Waals surface area contributed by atoms with Gasteiger partial charge < -0.3 is 25.2 Å². The van der Waals surface area contributed by atoms with Crippen LogP contribution in [-0.4, -0.2) is 97.3 Å². The maximum absolute atomic E-state index is 14.3. The molecule has 0 bridgehead atoms. The van der Waals surface area contributed by atoms with Crippen LogP contribution in [0.25, 0.3) is 11.3 Å². The first-order valence-electron chi connectivity index (χ1n) is 14.3. The van der Waals surface area contributed by atoms with Crippen molar-refractivity contribution in [1.29, 1.82) is 0 Å². The number of thiazole rings is 1. The van der Waals surface area contributed by atoms with Crippen LogP contribution >= 0.6 is 11.3 Å². The van der Waals surface area contributed by atoms with Gasteiger partial charge in [0.25, 0.3) is 0 Å². The summed E-state index contributed by atoms with van der Waals surface area (Å²) in [4.78, 5) is 50.4. The lowest BCUT2D eigenvalue weighted by atomic mass is 9.80.